The van der Waals surface area contributed by atoms with Gasteiger partial charge < -0.3 is 15.3 Å². The molecule has 0 aliphatic rings. The van der Waals surface area contributed by atoms with Crippen LogP contribution in [0.4, 0.5) is 0 Å². The molecule has 0 saturated carbocycles. The molecule has 0 bridgehead atoms. The van der Waals surface area contributed by atoms with Gasteiger partial charge in [0.2, 0.25) is 1.43 Å². The highest BCUT2D eigenvalue weighted by Gasteiger charge is 2.01. The highest BCUT2D eigenvalue weighted by atomic mass is 16.3. The summed E-state index contributed by atoms with van der Waals surface area (Å²) in [4.78, 5) is 0. The number of aliphatic hydroxyl groups excluding tert-OH is 1. The van der Waals surface area contributed by atoms with E-state index < -0.39 is 6.10 Å². The van der Waals surface area contributed by atoms with Crippen LogP contribution in [0.1, 0.15) is 0 Å². The highest BCUT2D eigenvalue weighted by Crippen LogP contribution is 1.71. The van der Waals surface area contributed by atoms with Crippen molar-refractivity contribution in [1.29, 1.82) is 7.16 Å². The Hall–Kier alpha value is -0.120. The molecular weight excluding hydrogens is 84.0 g/mol. The molecule has 6 heavy (non-hydrogen) atoms. The molecule has 0 rings (SSSR count). The standard InChI is InChI=1S/C3H8O3/c4-1-3(6)2-5/h3-6H,1-2H2/p+2/i4D,5D,6D/hD2. The first-order valence-electron chi connectivity index (χ1n) is 3.67. The number of hydrogen-bond donors (Lipinski definition) is 1. The largest absolute Gasteiger partial charge is 0.487 e. The van der Waals surface area contributed by atoms with E-state index in [0.717, 1.165) is 10.2 Å². The van der Waals surface area contributed by atoms with Gasteiger partial charge in [-0.2, -0.15) is 0 Å². The van der Waals surface area contributed by atoms with Crippen molar-refractivity contribution < 1.29 is 15.3 Å². The molecule has 0 aliphatic heterocycles. The average molecular weight is 99.1 g/mol. The minimum atomic E-state index is -0.838. The van der Waals surface area contributed by atoms with E-state index >= 15 is 0 Å². The highest BCUT2D eigenvalue weighted by molar-refractivity contribution is 4.43. The Kier molecular flexibility index (Phi) is 0.738. The van der Waals surface area contributed by atoms with Gasteiger partial charge in [0, 0.05) is 0 Å². The Morgan fingerprint density at radius 1 is 1.83 bits per heavy atom. The summed E-state index contributed by atoms with van der Waals surface area (Å²) in [6.45, 7) is -0.435. The second-order valence-electron chi connectivity index (χ2n) is 0.955. The van der Waals surface area contributed by atoms with Crippen molar-refractivity contribution in [2.24, 2.45) is 0 Å². The third kappa shape index (κ3) is 2.14. The molecule has 0 aromatic heterocycles. The molecule has 3 nitrogen and oxygen atoms in total. The molecule has 38 valence electrons. The summed E-state index contributed by atoms with van der Waals surface area (Å²) in [5.74, 6) is 0. The van der Waals surface area contributed by atoms with Crippen LogP contribution in [-0.2, 0) is 0 Å². The number of hydrogen-bond acceptors (Lipinski definition) is 1. The van der Waals surface area contributed by atoms with E-state index in [1.807, 2.05) is 0 Å². The summed E-state index contributed by atoms with van der Waals surface area (Å²) >= 11 is 0. The van der Waals surface area contributed by atoms with Crippen molar-refractivity contribution in [1.82, 2.24) is 0 Å². The monoisotopic (exact) mass is 99.1 g/mol. The summed E-state index contributed by atoms with van der Waals surface area (Å²) in [7, 11) is 0. The molecule has 0 heterocycles. The Bertz CT molecular complexity index is 89.0. The molecule has 0 saturated heterocycles. The minimum absolute atomic E-state index is 0.217. The van der Waals surface area contributed by atoms with Crippen LogP contribution in [-0.4, -0.2) is 41.8 Å². The van der Waals surface area contributed by atoms with E-state index in [9.17, 15) is 0 Å². The van der Waals surface area contributed by atoms with Crippen LogP contribution < -0.4 is 0 Å². The lowest BCUT2D eigenvalue weighted by atomic mass is 10.4. The second kappa shape index (κ2) is 3.08. The lowest BCUT2D eigenvalue weighted by Crippen LogP contribution is -2.15. The van der Waals surface area contributed by atoms with E-state index in [2.05, 4.69) is 5.11 Å². The summed E-state index contributed by atoms with van der Waals surface area (Å²) < 4.78 is 32.7. The molecular formula is C3H10O3+2. The predicted molar refractivity (Wildman–Crippen MR) is 23.0 cm³/mol. The van der Waals surface area contributed by atoms with Crippen LogP contribution in [0.2, 0.25) is 0 Å². The van der Waals surface area contributed by atoms with E-state index in [-0.39, 0.29) is 13.2 Å². The maximum atomic E-state index is 6.56. The molecule has 0 unspecified atom stereocenters. The fourth-order valence-corrected chi connectivity index (χ4v) is 0.0481. The molecule has 0 aliphatic carbocycles. The second-order valence-corrected chi connectivity index (χ2v) is 0.955. The minimum Gasteiger partial charge on any atom is -0.443 e. The molecule has 0 spiro atoms. The van der Waals surface area contributed by atoms with E-state index in [1.165, 1.54) is 0 Å². The van der Waals surface area contributed by atoms with Gasteiger partial charge in [-0.25, -0.2) is 0 Å². The summed E-state index contributed by atoms with van der Waals surface area (Å²) in [6.07, 6.45) is -0.838. The quantitative estimate of drug-likeness (QED) is 0.390. The fraction of sp³-hybridized carbons (Fsp3) is 1.00. The normalized spacial score (nSPS) is 22.8. The van der Waals surface area contributed by atoms with Crippen LogP contribution >= 0.6 is 0 Å². The number of rotatable bonds is 5. The summed E-state index contributed by atoms with van der Waals surface area (Å²) in [5.41, 5.74) is 0. The average Bonchev–Trinajstić information content (AvgIpc) is 1.84. The Morgan fingerprint density at radius 3 is 2.83 bits per heavy atom. The van der Waals surface area contributed by atoms with Crippen LogP contribution in [0, 0.1) is 0 Å². The van der Waals surface area contributed by atoms with E-state index in [0.29, 0.717) is 0 Å². The summed E-state index contributed by atoms with van der Waals surface area (Å²) in [6, 6.07) is 0. The van der Waals surface area contributed by atoms with E-state index in [4.69, 9.17) is 7.16 Å². The van der Waals surface area contributed by atoms with Gasteiger partial charge in [0.05, 0.1) is 0 Å². The van der Waals surface area contributed by atoms with Crippen LogP contribution in [0.5, 0.6) is 0 Å². The van der Waals surface area contributed by atoms with Crippen molar-refractivity contribution >= 4 is 0 Å². The van der Waals surface area contributed by atoms with Gasteiger partial charge in [-0.3, -0.25) is 0 Å². The first kappa shape index (κ1) is 1.43. The van der Waals surface area contributed by atoms with Crippen LogP contribution in [0.25, 0.3) is 0 Å². The smallest absolute Gasteiger partial charge is 0.443 e. The first-order chi connectivity index (χ1) is 5.06. The SMILES string of the molecule is [2H]OC(C[O+]([2H])[2H])C[O+]([2H])[2H]. The molecule has 0 aromatic carbocycles. The maximum Gasteiger partial charge on any atom is 0.487 e. The molecule has 5 N–H and O–H groups in total. The van der Waals surface area contributed by atoms with Gasteiger partial charge in [-0.15, -0.1) is 0 Å². The lowest BCUT2D eigenvalue weighted by Gasteiger charge is -1.90. The van der Waals surface area contributed by atoms with Crippen LogP contribution in [0.15, 0.2) is 0 Å². The zero-order valence-electron chi connectivity index (χ0n) is 8.22. The molecule has 0 fully saturated rings. The van der Waals surface area contributed by atoms with Crippen LogP contribution in [0.3, 0.4) is 0 Å². The van der Waals surface area contributed by atoms with Gasteiger partial charge in [-0.1, -0.05) is 0 Å². The Morgan fingerprint density at radius 2 is 2.50 bits per heavy atom. The third-order valence-electron chi connectivity index (χ3n) is 0.372. The van der Waals surface area contributed by atoms with Gasteiger partial charge in [0.1, 0.15) is 0 Å². The van der Waals surface area contributed by atoms with Gasteiger partial charge in [0.15, 0.2) is 19.3 Å². The molecule has 3 heteroatoms. The zero-order valence-corrected chi connectivity index (χ0v) is 3.22. The molecule has 0 radical (unpaired) electrons. The third-order valence-corrected chi connectivity index (χ3v) is 0.372. The predicted octanol–water partition coefficient (Wildman–Crippen LogP) is -2.20. The topological polar surface area (TPSA) is 66.0 Å². The lowest BCUT2D eigenvalue weighted by molar-refractivity contribution is 0.0450. The molecule has 0 amide bonds. The van der Waals surface area contributed by atoms with E-state index in [1.54, 1.807) is 0 Å². The van der Waals surface area contributed by atoms with Crippen molar-refractivity contribution in [3.8, 4) is 0 Å². The Balaban J connectivity index is 3.58. The fourth-order valence-electron chi connectivity index (χ4n) is 0.0481. The van der Waals surface area contributed by atoms with Crippen molar-refractivity contribution in [2.45, 2.75) is 6.10 Å². The zero-order chi connectivity index (χ0) is 8.85. The summed E-state index contributed by atoms with van der Waals surface area (Å²) in [5, 5.41) is 6.10. The van der Waals surface area contributed by atoms with Crippen molar-refractivity contribution in [2.75, 3.05) is 13.2 Å². The Labute approximate surface area is 43.3 Å². The first-order valence-corrected chi connectivity index (χ1v) is 1.63. The van der Waals surface area contributed by atoms with Crippen molar-refractivity contribution in [3.05, 3.63) is 0 Å². The van der Waals surface area contributed by atoms with Gasteiger partial charge >= 0.3 is 5.72 Å². The maximum absolute atomic E-state index is 6.56. The van der Waals surface area contributed by atoms with Gasteiger partial charge in [0.25, 0.3) is 0 Å². The molecule has 0 aromatic rings. The van der Waals surface area contributed by atoms with Crippen molar-refractivity contribution in [3.63, 3.8) is 0 Å². The number of aliphatic hydroxyl groups is 1. The molecule has 0 atom stereocenters. The van der Waals surface area contributed by atoms with Gasteiger partial charge in [-0.05, 0) is 0 Å².